The highest BCUT2D eigenvalue weighted by Crippen LogP contribution is 2.29. The van der Waals surface area contributed by atoms with Gasteiger partial charge in [-0.25, -0.2) is 0 Å². The first-order valence-corrected chi connectivity index (χ1v) is 8.59. The number of benzene rings is 2. The number of hydrogen-bond acceptors (Lipinski definition) is 5. The predicted molar refractivity (Wildman–Crippen MR) is 106 cm³/mol. The smallest absolute Gasteiger partial charge is 0.308 e. The minimum atomic E-state index is -0.513. The molecule has 0 aliphatic carbocycles. The molecule has 0 saturated heterocycles. The Labute approximate surface area is 167 Å². The Morgan fingerprint density at radius 3 is 2.25 bits per heavy atom. The molecule has 2 aromatic carbocycles. The maximum Gasteiger partial charge on any atom is 0.308 e. The lowest BCUT2D eigenvalue weighted by Crippen LogP contribution is -2.28. The average Bonchev–Trinajstić information content (AvgIpc) is 2.63. The molecule has 146 valence electrons. The molecule has 0 heterocycles. The third kappa shape index (κ3) is 6.14. The summed E-state index contributed by atoms with van der Waals surface area (Å²) >= 11 is 5.84. The number of halogens is 1. The minimum absolute atomic E-state index is 0.0322. The third-order valence-corrected chi connectivity index (χ3v) is 3.66. The molecule has 0 spiro atoms. The number of esters is 1. The molecule has 2 rings (SSSR count). The van der Waals surface area contributed by atoms with Gasteiger partial charge in [0.1, 0.15) is 5.70 Å². The molecule has 7 nitrogen and oxygen atoms in total. The number of carbonyl (C=O) groups is 3. The second-order valence-corrected chi connectivity index (χ2v) is 6.14. The first kappa shape index (κ1) is 21.0. The number of methoxy groups -OCH3 is 1. The van der Waals surface area contributed by atoms with Crippen LogP contribution in [-0.2, 0) is 14.4 Å². The van der Waals surface area contributed by atoms with Gasteiger partial charge in [-0.3, -0.25) is 14.4 Å². The number of carbonyl (C=O) groups excluding carboxylic acids is 3. The van der Waals surface area contributed by atoms with E-state index in [1.165, 1.54) is 33.1 Å². The van der Waals surface area contributed by atoms with Gasteiger partial charge in [0.05, 0.1) is 7.11 Å². The van der Waals surface area contributed by atoms with Crippen molar-refractivity contribution in [2.75, 3.05) is 12.4 Å². The average molecular weight is 403 g/mol. The van der Waals surface area contributed by atoms with E-state index in [1.807, 2.05) is 0 Å². The van der Waals surface area contributed by atoms with Crippen LogP contribution in [0.3, 0.4) is 0 Å². The number of amides is 2. The van der Waals surface area contributed by atoms with Crippen LogP contribution in [0, 0.1) is 0 Å². The van der Waals surface area contributed by atoms with Crippen molar-refractivity contribution in [2.24, 2.45) is 0 Å². The second-order valence-electron chi connectivity index (χ2n) is 5.70. The van der Waals surface area contributed by atoms with Crippen molar-refractivity contribution < 1.29 is 23.9 Å². The second kappa shape index (κ2) is 9.57. The van der Waals surface area contributed by atoms with Crippen LogP contribution in [0.4, 0.5) is 5.69 Å². The molecule has 0 fully saturated rings. The molecule has 0 unspecified atom stereocenters. The van der Waals surface area contributed by atoms with Crippen molar-refractivity contribution in [1.82, 2.24) is 5.32 Å². The molecular weight excluding hydrogens is 384 g/mol. The summed E-state index contributed by atoms with van der Waals surface area (Å²) in [5, 5.41) is 5.72. The maximum atomic E-state index is 12.6. The normalized spacial score (nSPS) is 10.8. The van der Waals surface area contributed by atoms with Crippen molar-refractivity contribution in [3.63, 3.8) is 0 Å². The predicted octanol–water partition coefficient (Wildman–Crippen LogP) is 3.39. The standard InChI is InChI=1S/C20H19ClN2O5/c1-12(24)22-17(20(26)23-16-7-5-15(21)6-8-16)10-14-4-9-18(28-13(2)25)19(11-14)27-3/h4-11H,1-3H3,(H,22,24)(H,23,26)/b17-10+. The van der Waals surface area contributed by atoms with Gasteiger partial charge in [0.25, 0.3) is 5.91 Å². The van der Waals surface area contributed by atoms with E-state index in [0.29, 0.717) is 22.0 Å². The molecule has 0 aliphatic rings. The van der Waals surface area contributed by atoms with Gasteiger partial charge in [-0.2, -0.15) is 0 Å². The number of rotatable bonds is 6. The molecule has 0 bridgehead atoms. The van der Waals surface area contributed by atoms with Crippen molar-refractivity contribution in [2.45, 2.75) is 13.8 Å². The van der Waals surface area contributed by atoms with Crippen molar-refractivity contribution in [1.29, 1.82) is 0 Å². The van der Waals surface area contributed by atoms with Crippen LogP contribution in [0.2, 0.25) is 5.02 Å². The topological polar surface area (TPSA) is 93.7 Å². The first-order chi connectivity index (χ1) is 13.3. The summed E-state index contributed by atoms with van der Waals surface area (Å²) in [6.45, 7) is 2.58. The lowest BCUT2D eigenvalue weighted by atomic mass is 10.1. The van der Waals surface area contributed by atoms with E-state index in [-0.39, 0.29) is 11.4 Å². The summed E-state index contributed by atoms with van der Waals surface area (Å²) in [7, 11) is 1.43. The Morgan fingerprint density at radius 2 is 1.68 bits per heavy atom. The lowest BCUT2D eigenvalue weighted by Gasteiger charge is -2.11. The Bertz CT molecular complexity index is 923. The number of anilines is 1. The van der Waals surface area contributed by atoms with Crippen LogP contribution >= 0.6 is 11.6 Å². The zero-order valence-electron chi connectivity index (χ0n) is 15.5. The summed E-state index contributed by atoms with van der Waals surface area (Å²) in [4.78, 5) is 35.2. The largest absolute Gasteiger partial charge is 0.493 e. The SMILES string of the molecule is COc1cc(/C=C(/NC(C)=O)C(=O)Nc2ccc(Cl)cc2)ccc1OC(C)=O. The van der Waals surface area contributed by atoms with Crippen LogP contribution in [0.15, 0.2) is 48.2 Å². The summed E-state index contributed by atoms with van der Waals surface area (Å²) in [5.41, 5.74) is 1.11. The Hall–Kier alpha value is -3.32. The summed E-state index contributed by atoms with van der Waals surface area (Å²) < 4.78 is 10.3. The fraction of sp³-hybridized carbons (Fsp3) is 0.150. The van der Waals surface area contributed by atoms with Crippen LogP contribution < -0.4 is 20.1 Å². The van der Waals surface area contributed by atoms with Crippen LogP contribution in [0.5, 0.6) is 11.5 Å². The van der Waals surface area contributed by atoms with Crippen molar-refractivity contribution in [3.05, 3.63) is 58.7 Å². The number of hydrogen-bond donors (Lipinski definition) is 2. The van der Waals surface area contributed by atoms with E-state index in [1.54, 1.807) is 36.4 Å². The van der Waals surface area contributed by atoms with Crippen molar-refractivity contribution >= 4 is 41.1 Å². The number of ether oxygens (including phenoxy) is 2. The highest BCUT2D eigenvalue weighted by molar-refractivity contribution is 6.30. The quantitative estimate of drug-likeness (QED) is 0.439. The highest BCUT2D eigenvalue weighted by Gasteiger charge is 2.13. The molecule has 2 amide bonds. The lowest BCUT2D eigenvalue weighted by molar-refractivity contribution is -0.132. The van der Waals surface area contributed by atoms with E-state index in [9.17, 15) is 14.4 Å². The van der Waals surface area contributed by atoms with Crippen LogP contribution in [0.25, 0.3) is 6.08 Å². The van der Waals surface area contributed by atoms with E-state index in [4.69, 9.17) is 21.1 Å². The maximum absolute atomic E-state index is 12.6. The molecule has 28 heavy (non-hydrogen) atoms. The fourth-order valence-electron chi connectivity index (χ4n) is 2.26. The van der Waals surface area contributed by atoms with Gasteiger partial charge >= 0.3 is 5.97 Å². The molecule has 8 heteroatoms. The van der Waals surface area contributed by atoms with Crippen LogP contribution in [-0.4, -0.2) is 24.9 Å². The van der Waals surface area contributed by atoms with Gasteiger partial charge in [-0.05, 0) is 48.0 Å². The van der Waals surface area contributed by atoms with E-state index < -0.39 is 17.8 Å². The monoisotopic (exact) mass is 402 g/mol. The minimum Gasteiger partial charge on any atom is -0.493 e. The molecule has 0 atom stereocenters. The summed E-state index contributed by atoms with van der Waals surface area (Å²) in [6.07, 6.45) is 1.48. The molecule has 0 saturated carbocycles. The van der Waals surface area contributed by atoms with Gasteiger partial charge in [-0.15, -0.1) is 0 Å². The van der Waals surface area contributed by atoms with E-state index >= 15 is 0 Å². The molecule has 0 radical (unpaired) electrons. The Kier molecular flexibility index (Phi) is 7.17. The van der Waals surface area contributed by atoms with Gasteiger partial charge in [0, 0.05) is 24.6 Å². The van der Waals surface area contributed by atoms with E-state index in [2.05, 4.69) is 10.6 Å². The molecular formula is C20H19ClN2O5. The first-order valence-electron chi connectivity index (χ1n) is 8.21. The molecule has 0 aliphatic heterocycles. The van der Waals surface area contributed by atoms with Crippen LogP contribution in [0.1, 0.15) is 19.4 Å². The summed E-state index contributed by atoms with van der Waals surface area (Å²) in [6, 6.07) is 11.3. The summed E-state index contributed by atoms with van der Waals surface area (Å²) in [5.74, 6) is -0.840. The highest BCUT2D eigenvalue weighted by atomic mass is 35.5. The van der Waals surface area contributed by atoms with Gasteiger partial charge in [0.15, 0.2) is 11.5 Å². The van der Waals surface area contributed by atoms with E-state index in [0.717, 1.165) is 0 Å². The Balaban J connectivity index is 2.31. The molecule has 0 aromatic heterocycles. The van der Waals surface area contributed by atoms with Gasteiger partial charge in [-0.1, -0.05) is 17.7 Å². The fourth-order valence-corrected chi connectivity index (χ4v) is 2.39. The van der Waals surface area contributed by atoms with Gasteiger partial charge in [0.2, 0.25) is 5.91 Å². The zero-order chi connectivity index (χ0) is 20.7. The number of nitrogens with one attached hydrogen (secondary N) is 2. The third-order valence-electron chi connectivity index (χ3n) is 3.41. The molecule has 2 N–H and O–H groups in total. The van der Waals surface area contributed by atoms with Crippen molar-refractivity contribution in [3.8, 4) is 11.5 Å². The van der Waals surface area contributed by atoms with Gasteiger partial charge < -0.3 is 20.1 Å². The Morgan fingerprint density at radius 1 is 1.00 bits per heavy atom. The molecule has 2 aromatic rings. The zero-order valence-corrected chi connectivity index (χ0v) is 16.3.